The van der Waals surface area contributed by atoms with Crippen molar-refractivity contribution in [2.45, 2.75) is 13.0 Å². The van der Waals surface area contributed by atoms with E-state index >= 15 is 0 Å². The van der Waals surface area contributed by atoms with Crippen LogP contribution in [0.3, 0.4) is 0 Å². The van der Waals surface area contributed by atoms with Gasteiger partial charge >= 0.3 is 0 Å². The van der Waals surface area contributed by atoms with Crippen molar-refractivity contribution in [3.63, 3.8) is 0 Å². The van der Waals surface area contributed by atoms with Gasteiger partial charge in [0.05, 0.1) is 6.20 Å². The van der Waals surface area contributed by atoms with Crippen LogP contribution in [-0.4, -0.2) is 28.1 Å². The number of nitrogens with zero attached hydrogens (tertiary/aromatic N) is 2. The number of rotatable bonds is 3. The van der Waals surface area contributed by atoms with Crippen LogP contribution in [0.25, 0.3) is 0 Å². The Morgan fingerprint density at radius 1 is 1.92 bits per heavy atom. The molecule has 0 fully saturated rings. The molecule has 0 aliphatic carbocycles. The second-order valence-corrected chi connectivity index (χ2v) is 3.18. The molecule has 6 heteroatoms. The number of carbonyl (C=O) groups excluding carboxylic acids is 1. The number of amides is 1. The van der Waals surface area contributed by atoms with Crippen molar-refractivity contribution in [1.29, 1.82) is 0 Å². The molecule has 66 valence electrons. The van der Waals surface area contributed by atoms with Gasteiger partial charge in [-0.25, -0.2) is 0 Å². The maximum Gasteiger partial charge on any atom is 0.264 e. The van der Waals surface area contributed by atoms with Crippen LogP contribution in [0.5, 0.6) is 0 Å². The second-order valence-electron chi connectivity index (χ2n) is 2.39. The Morgan fingerprint density at radius 2 is 2.67 bits per heavy atom. The summed E-state index contributed by atoms with van der Waals surface area (Å²) < 4.78 is 3.58. The fourth-order valence-electron chi connectivity index (χ4n) is 0.621. The van der Waals surface area contributed by atoms with Crippen molar-refractivity contribution >= 4 is 17.4 Å². The zero-order chi connectivity index (χ0) is 8.97. The first-order chi connectivity index (χ1) is 5.74. The zero-order valence-electron chi connectivity index (χ0n) is 6.65. The van der Waals surface area contributed by atoms with Crippen LogP contribution in [0.15, 0.2) is 6.20 Å². The summed E-state index contributed by atoms with van der Waals surface area (Å²) in [6.07, 6.45) is 1.43. The van der Waals surface area contributed by atoms with E-state index in [-0.39, 0.29) is 11.9 Å². The Balaban J connectivity index is 2.50. The summed E-state index contributed by atoms with van der Waals surface area (Å²) in [5.41, 5.74) is 5.33. The standard InChI is InChI=1S/C6H10N4OS/c1-4(2-7)9-6(11)5-3-8-10-12-5/h3-4H,2,7H2,1H3,(H,9,11)/t4-/m0/s1. The predicted molar refractivity (Wildman–Crippen MR) is 45.9 cm³/mol. The second kappa shape index (κ2) is 4.13. The molecular formula is C6H10N4OS. The maximum atomic E-state index is 11.2. The maximum absolute atomic E-state index is 11.2. The fourth-order valence-corrected chi connectivity index (χ4v) is 1.04. The van der Waals surface area contributed by atoms with Crippen molar-refractivity contribution < 1.29 is 4.79 Å². The Bertz CT molecular complexity index is 248. The molecule has 0 aliphatic heterocycles. The Hall–Kier alpha value is -1.01. The third kappa shape index (κ3) is 2.24. The molecular weight excluding hydrogens is 176 g/mol. The van der Waals surface area contributed by atoms with E-state index in [2.05, 4.69) is 14.9 Å². The summed E-state index contributed by atoms with van der Waals surface area (Å²) >= 11 is 1.07. The van der Waals surface area contributed by atoms with Crippen LogP contribution in [0.4, 0.5) is 0 Å². The van der Waals surface area contributed by atoms with Crippen molar-refractivity contribution in [1.82, 2.24) is 14.9 Å². The minimum atomic E-state index is -0.164. The Kier molecular flexibility index (Phi) is 3.12. The van der Waals surface area contributed by atoms with E-state index in [9.17, 15) is 4.79 Å². The summed E-state index contributed by atoms with van der Waals surface area (Å²) in [7, 11) is 0. The largest absolute Gasteiger partial charge is 0.348 e. The summed E-state index contributed by atoms with van der Waals surface area (Å²) in [5, 5.41) is 6.25. The first kappa shape index (κ1) is 9.08. The highest BCUT2D eigenvalue weighted by atomic mass is 32.1. The predicted octanol–water partition coefficient (Wildman–Crippen LogP) is -0.385. The molecule has 12 heavy (non-hydrogen) atoms. The van der Waals surface area contributed by atoms with E-state index in [1.54, 1.807) is 0 Å². The molecule has 1 aromatic heterocycles. The highest BCUT2D eigenvalue weighted by Gasteiger charge is 2.09. The van der Waals surface area contributed by atoms with Gasteiger partial charge in [0, 0.05) is 12.6 Å². The molecule has 0 spiro atoms. The minimum absolute atomic E-state index is 0.0143. The average molecular weight is 186 g/mol. The number of aromatic nitrogens is 2. The van der Waals surface area contributed by atoms with Crippen LogP contribution in [0, 0.1) is 0 Å². The summed E-state index contributed by atoms with van der Waals surface area (Å²) in [6, 6.07) is -0.0143. The molecule has 1 atom stereocenters. The van der Waals surface area contributed by atoms with Crippen LogP contribution in [0.1, 0.15) is 16.6 Å². The number of carbonyl (C=O) groups is 1. The molecule has 5 nitrogen and oxygen atoms in total. The van der Waals surface area contributed by atoms with Crippen LogP contribution in [0.2, 0.25) is 0 Å². The van der Waals surface area contributed by atoms with Gasteiger partial charge in [-0.3, -0.25) is 4.79 Å². The van der Waals surface area contributed by atoms with Gasteiger partial charge in [-0.1, -0.05) is 4.49 Å². The van der Waals surface area contributed by atoms with Crippen molar-refractivity contribution in [2.24, 2.45) is 5.73 Å². The number of hydrogen-bond acceptors (Lipinski definition) is 5. The lowest BCUT2D eigenvalue weighted by molar-refractivity contribution is 0.0945. The zero-order valence-corrected chi connectivity index (χ0v) is 7.47. The van der Waals surface area contributed by atoms with Crippen LogP contribution >= 0.6 is 11.5 Å². The van der Waals surface area contributed by atoms with Gasteiger partial charge in [0.25, 0.3) is 5.91 Å². The first-order valence-electron chi connectivity index (χ1n) is 3.52. The number of nitrogens with one attached hydrogen (secondary N) is 1. The number of nitrogens with two attached hydrogens (primary N) is 1. The molecule has 0 aliphatic rings. The minimum Gasteiger partial charge on any atom is -0.348 e. The van der Waals surface area contributed by atoms with Crippen LogP contribution < -0.4 is 11.1 Å². The fraction of sp³-hybridized carbons (Fsp3) is 0.500. The number of hydrogen-bond donors (Lipinski definition) is 2. The van der Waals surface area contributed by atoms with E-state index in [0.717, 1.165) is 11.5 Å². The molecule has 0 saturated carbocycles. The van der Waals surface area contributed by atoms with E-state index < -0.39 is 0 Å². The topological polar surface area (TPSA) is 80.9 Å². The van der Waals surface area contributed by atoms with E-state index in [1.807, 2.05) is 6.92 Å². The van der Waals surface area contributed by atoms with E-state index in [0.29, 0.717) is 11.4 Å². The molecule has 0 radical (unpaired) electrons. The van der Waals surface area contributed by atoms with Crippen molar-refractivity contribution in [3.8, 4) is 0 Å². The molecule has 1 amide bonds. The monoisotopic (exact) mass is 186 g/mol. The molecule has 1 rings (SSSR count). The molecule has 0 unspecified atom stereocenters. The Morgan fingerprint density at radius 3 is 3.17 bits per heavy atom. The van der Waals surface area contributed by atoms with Gasteiger partial charge in [0.15, 0.2) is 0 Å². The SMILES string of the molecule is C[C@@H](CN)NC(=O)c1cnns1. The molecule has 1 heterocycles. The van der Waals surface area contributed by atoms with Gasteiger partial charge in [-0.2, -0.15) is 0 Å². The third-order valence-electron chi connectivity index (χ3n) is 1.32. The third-order valence-corrected chi connectivity index (χ3v) is 1.98. The van der Waals surface area contributed by atoms with Crippen molar-refractivity contribution in [2.75, 3.05) is 6.54 Å². The molecule has 0 bridgehead atoms. The van der Waals surface area contributed by atoms with Crippen LogP contribution in [-0.2, 0) is 0 Å². The average Bonchev–Trinajstić information content (AvgIpc) is 2.56. The molecule has 0 saturated heterocycles. The Labute approximate surface area is 74.1 Å². The first-order valence-corrected chi connectivity index (χ1v) is 4.29. The highest BCUT2D eigenvalue weighted by molar-refractivity contribution is 7.07. The van der Waals surface area contributed by atoms with Gasteiger partial charge in [-0.05, 0) is 18.5 Å². The highest BCUT2D eigenvalue weighted by Crippen LogP contribution is 2.01. The van der Waals surface area contributed by atoms with E-state index in [1.165, 1.54) is 6.20 Å². The lowest BCUT2D eigenvalue weighted by Gasteiger charge is -2.08. The van der Waals surface area contributed by atoms with Gasteiger partial charge in [0.1, 0.15) is 4.88 Å². The smallest absolute Gasteiger partial charge is 0.264 e. The van der Waals surface area contributed by atoms with Gasteiger partial charge < -0.3 is 11.1 Å². The van der Waals surface area contributed by atoms with Gasteiger partial charge in [-0.15, -0.1) is 5.10 Å². The van der Waals surface area contributed by atoms with Gasteiger partial charge in [0.2, 0.25) is 0 Å². The summed E-state index contributed by atoms with van der Waals surface area (Å²) in [6.45, 7) is 2.27. The molecule has 1 aromatic rings. The van der Waals surface area contributed by atoms with E-state index in [4.69, 9.17) is 5.73 Å². The summed E-state index contributed by atoms with van der Waals surface area (Å²) in [5.74, 6) is -0.164. The van der Waals surface area contributed by atoms with Crippen molar-refractivity contribution in [3.05, 3.63) is 11.1 Å². The lowest BCUT2D eigenvalue weighted by atomic mass is 10.3. The molecule has 3 N–H and O–H groups in total. The lowest BCUT2D eigenvalue weighted by Crippen LogP contribution is -2.37. The quantitative estimate of drug-likeness (QED) is 0.674. The molecule has 0 aromatic carbocycles. The normalized spacial score (nSPS) is 12.5. The summed E-state index contributed by atoms with van der Waals surface area (Å²) in [4.78, 5) is 11.7.